The van der Waals surface area contributed by atoms with Crippen LogP contribution in [0.3, 0.4) is 0 Å². The maximum absolute atomic E-state index is 13.4. The van der Waals surface area contributed by atoms with Crippen LogP contribution in [-0.2, 0) is 16.0 Å². The third kappa shape index (κ3) is 3.52. The van der Waals surface area contributed by atoms with Gasteiger partial charge in [0.15, 0.2) is 0 Å². The van der Waals surface area contributed by atoms with Crippen molar-refractivity contribution in [2.45, 2.75) is 27.2 Å². The largest absolute Gasteiger partial charge is 0.350 e. The van der Waals surface area contributed by atoms with Gasteiger partial charge in [0.2, 0.25) is 0 Å². The average Bonchev–Trinajstić information content (AvgIpc) is 3.00. The first-order valence-corrected chi connectivity index (χ1v) is 10.1. The van der Waals surface area contributed by atoms with Crippen LogP contribution in [0.5, 0.6) is 0 Å². The monoisotopic (exact) mass is 396 g/mol. The smallest absolute Gasteiger partial charge is 0.282 e. The van der Waals surface area contributed by atoms with Gasteiger partial charge in [0.1, 0.15) is 5.70 Å². The van der Waals surface area contributed by atoms with Crippen LogP contribution in [0.2, 0.25) is 0 Å². The molecule has 3 aromatic carbocycles. The lowest BCUT2D eigenvalue weighted by Gasteiger charge is -2.16. The van der Waals surface area contributed by atoms with Crippen LogP contribution in [0.15, 0.2) is 78.5 Å². The van der Waals surface area contributed by atoms with E-state index in [0.29, 0.717) is 17.0 Å². The molecule has 30 heavy (non-hydrogen) atoms. The van der Waals surface area contributed by atoms with E-state index in [0.717, 1.165) is 34.4 Å². The Bertz CT molecular complexity index is 1150. The van der Waals surface area contributed by atoms with Gasteiger partial charge in [-0.15, -0.1) is 0 Å². The molecule has 0 bridgehead atoms. The minimum Gasteiger partial charge on any atom is -0.350 e. The second kappa shape index (κ2) is 7.99. The minimum atomic E-state index is -0.344. The number of carbonyl (C=O) groups is 2. The molecule has 4 nitrogen and oxygen atoms in total. The van der Waals surface area contributed by atoms with E-state index in [4.69, 9.17) is 0 Å². The molecule has 0 radical (unpaired) electrons. The Hall–Kier alpha value is -3.66. The lowest BCUT2D eigenvalue weighted by molar-refractivity contribution is -0.120. The number of nitrogens with one attached hydrogen (secondary N) is 1. The first kappa shape index (κ1) is 19.6. The predicted molar refractivity (Wildman–Crippen MR) is 121 cm³/mol. The molecule has 1 heterocycles. The van der Waals surface area contributed by atoms with Crippen LogP contribution in [0.25, 0.3) is 5.57 Å². The Balaban J connectivity index is 1.80. The van der Waals surface area contributed by atoms with Crippen LogP contribution in [0.1, 0.15) is 29.2 Å². The van der Waals surface area contributed by atoms with E-state index in [9.17, 15) is 9.59 Å². The molecule has 0 spiro atoms. The summed E-state index contributed by atoms with van der Waals surface area (Å²) >= 11 is 0. The molecule has 0 saturated carbocycles. The van der Waals surface area contributed by atoms with E-state index in [1.54, 1.807) is 0 Å². The fraction of sp³-hybridized carbons (Fsp3) is 0.154. The Morgan fingerprint density at radius 2 is 1.53 bits per heavy atom. The number of anilines is 2. The minimum absolute atomic E-state index is 0.303. The SMILES string of the molecule is CCc1ccc(N2C(=O)C(Nc3ccc(C)cc3C)=C(c3ccccc3)C2=O)cc1. The highest BCUT2D eigenvalue weighted by Gasteiger charge is 2.40. The van der Waals surface area contributed by atoms with Crippen molar-refractivity contribution in [3.63, 3.8) is 0 Å². The molecule has 2 amide bonds. The Kier molecular flexibility index (Phi) is 5.23. The molecule has 0 aromatic heterocycles. The average molecular weight is 396 g/mol. The normalized spacial score (nSPS) is 13.9. The highest BCUT2D eigenvalue weighted by atomic mass is 16.2. The van der Waals surface area contributed by atoms with Gasteiger partial charge in [-0.25, -0.2) is 4.90 Å². The van der Waals surface area contributed by atoms with Crippen molar-refractivity contribution in [3.05, 3.63) is 101 Å². The summed E-state index contributed by atoms with van der Waals surface area (Å²) in [7, 11) is 0. The van der Waals surface area contributed by atoms with E-state index in [1.807, 2.05) is 86.6 Å². The number of carbonyl (C=O) groups excluding carboxylic acids is 2. The zero-order chi connectivity index (χ0) is 21.3. The number of imide groups is 1. The zero-order valence-electron chi connectivity index (χ0n) is 17.4. The number of amides is 2. The molecular weight excluding hydrogens is 372 g/mol. The quantitative estimate of drug-likeness (QED) is 0.598. The maximum atomic E-state index is 13.4. The summed E-state index contributed by atoms with van der Waals surface area (Å²) in [6, 6.07) is 22.9. The van der Waals surface area contributed by atoms with Gasteiger partial charge >= 0.3 is 0 Å². The van der Waals surface area contributed by atoms with Crippen LogP contribution < -0.4 is 10.2 Å². The fourth-order valence-electron chi connectivity index (χ4n) is 3.72. The lowest BCUT2D eigenvalue weighted by Crippen LogP contribution is -2.32. The summed E-state index contributed by atoms with van der Waals surface area (Å²) in [5.41, 5.74) is 6.11. The predicted octanol–water partition coefficient (Wildman–Crippen LogP) is 5.26. The lowest BCUT2D eigenvalue weighted by atomic mass is 10.0. The van der Waals surface area contributed by atoms with Crippen molar-refractivity contribution in [1.82, 2.24) is 0 Å². The van der Waals surface area contributed by atoms with Crippen LogP contribution >= 0.6 is 0 Å². The summed E-state index contributed by atoms with van der Waals surface area (Å²) in [4.78, 5) is 28.1. The van der Waals surface area contributed by atoms with E-state index in [-0.39, 0.29) is 11.8 Å². The van der Waals surface area contributed by atoms with Crippen molar-refractivity contribution in [2.75, 3.05) is 10.2 Å². The zero-order valence-corrected chi connectivity index (χ0v) is 17.4. The standard InChI is InChI=1S/C26H24N2O2/c1-4-19-11-13-21(14-12-19)28-25(29)23(20-8-6-5-7-9-20)24(26(28)30)27-22-15-10-17(2)16-18(22)3/h5-16,27H,4H2,1-3H3. The number of hydrogen-bond donors (Lipinski definition) is 1. The first-order chi connectivity index (χ1) is 14.5. The van der Waals surface area contributed by atoms with Crippen LogP contribution in [0.4, 0.5) is 11.4 Å². The molecule has 0 aliphatic carbocycles. The Morgan fingerprint density at radius 1 is 0.833 bits per heavy atom. The third-order valence-electron chi connectivity index (χ3n) is 5.39. The molecule has 0 unspecified atom stereocenters. The summed E-state index contributed by atoms with van der Waals surface area (Å²) in [5.74, 6) is -0.661. The first-order valence-electron chi connectivity index (χ1n) is 10.1. The van der Waals surface area contributed by atoms with Gasteiger partial charge in [-0.3, -0.25) is 9.59 Å². The molecule has 1 aliphatic rings. The molecule has 1 N–H and O–H groups in total. The summed E-state index contributed by atoms with van der Waals surface area (Å²) in [6.07, 6.45) is 0.898. The van der Waals surface area contributed by atoms with Gasteiger partial charge in [0, 0.05) is 5.69 Å². The summed E-state index contributed by atoms with van der Waals surface area (Å²) in [6.45, 7) is 6.08. The molecule has 150 valence electrons. The van der Waals surface area contributed by atoms with Crippen molar-refractivity contribution in [3.8, 4) is 0 Å². The van der Waals surface area contributed by atoms with Crippen molar-refractivity contribution < 1.29 is 9.59 Å². The highest BCUT2D eigenvalue weighted by Crippen LogP contribution is 2.34. The van der Waals surface area contributed by atoms with Crippen molar-refractivity contribution in [1.29, 1.82) is 0 Å². The van der Waals surface area contributed by atoms with Crippen LogP contribution in [0, 0.1) is 13.8 Å². The second-order valence-corrected chi connectivity index (χ2v) is 7.53. The molecule has 0 fully saturated rings. The third-order valence-corrected chi connectivity index (χ3v) is 5.39. The van der Waals surface area contributed by atoms with Crippen LogP contribution in [-0.4, -0.2) is 11.8 Å². The molecule has 3 aromatic rings. The molecular formula is C26H24N2O2. The number of benzene rings is 3. The van der Waals surface area contributed by atoms with E-state index < -0.39 is 0 Å². The molecule has 1 aliphatic heterocycles. The van der Waals surface area contributed by atoms with Gasteiger partial charge in [-0.1, -0.05) is 67.1 Å². The van der Waals surface area contributed by atoms with Crippen molar-refractivity contribution in [2.24, 2.45) is 0 Å². The van der Waals surface area contributed by atoms with Gasteiger partial charge in [-0.2, -0.15) is 0 Å². The second-order valence-electron chi connectivity index (χ2n) is 7.53. The van der Waals surface area contributed by atoms with E-state index >= 15 is 0 Å². The molecule has 4 rings (SSSR count). The van der Waals surface area contributed by atoms with E-state index in [1.165, 1.54) is 4.90 Å². The Labute approximate surface area is 176 Å². The molecule has 4 heteroatoms. The molecule has 0 saturated heterocycles. The van der Waals surface area contributed by atoms with Gasteiger partial charge < -0.3 is 5.32 Å². The van der Waals surface area contributed by atoms with E-state index in [2.05, 4.69) is 12.2 Å². The summed E-state index contributed by atoms with van der Waals surface area (Å²) in [5, 5.41) is 3.26. The van der Waals surface area contributed by atoms with Gasteiger partial charge in [0.25, 0.3) is 11.8 Å². The van der Waals surface area contributed by atoms with Gasteiger partial charge in [0.05, 0.1) is 11.3 Å². The topological polar surface area (TPSA) is 49.4 Å². The highest BCUT2D eigenvalue weighted by molar-refractivity contribution is 6.46. The number of hydrogen-bond acceptors (Lipinski definition) is 3. The van der Waals surface area contributed by atoms with Crippen molar-refractivity contribution >= 4 is 28.8 Å². The Morgan fingerprint density at radius 3 is 2.17 bits per heavy atom. The number of rotatable bonds is 5. The van der Waals surface area contributed by atoms with Gasteiger partial charge in [-0.05, 0) is 55.2 Å². The summed E-state index contributed by atoms with van der Waals surface area (Å²) < 4.78 is 0. The fourth-order valence-corrected chi connectivity index (χ4v) is 3.72. The number of aryl methyl sites for hydroxylation is 3. The number of nitrogens with zero attached hydrogens (tertiary/aromatic N) is 1. The maximum Gasteiger partial charge on any atom is 0.282 e. The molecule has 0 atom stereocenters.